The van der Waals surface area contributed by atoms with Gasteiger partial charge in [-0.3, -0.25) is 4.72 Å². The van der Waals surface area contributed by atoms with Crippen LogP contribution in [0.25, 0.3) is 0 Å². The summed E-state index contributed by atoms with van der Waals surface area (Å²) in [7, 11) is -3.72. The lowest BCUT2D eigenvalue weighted by Gasteiger charge is -2.12. The number of anilines is 1. The van der Waals surface area contributed by atoms with Gasteiger partial charge in [-0.25, -0.2) is 8.42 Å². The Labute approximate surface area is 134 Å². The van der Waals surface area contributed by atoms with Gasteiger partial charge < -0.3 is 5.11 Å². The first-order valence-corrected chi connectivity index (χ1v) is 8.67. The summed E-state index contributed by atoms with van der Waals surface area (Å²) in [5.74, 6) is 0. The topological polar surface area (TPSA) is 66.4 Å². The monoisotopic (exact) mass is 419 g/mol. The summed E-state index contributed by atoms with van der Waals surface area (Å²) in [6.45, 7) is -0.236. The van der Waals surface area contributed by atoms with Crippen LogP contribution in [0.3, 0.4) is 0 Å². The van der Waals surface area contributed by atoms with Crippen LogP contribution in [0.4, 0.5) is 5.69 Å². The van der Waals surface area contributed by atoms with Crippen LogP contribution in [-0.2, 0) is 16.6 Å². The molecular weight excluding hydrogens is 410 g/mol. The quantitative estimate of drug-likeness (QED) is 0.795. The lowest BCUT2D eigenvalue weighted by Crippen LogP contribution is -2.14. The van der Waals surface area contributed by atoms with Gasteiger partial charge in [0, 0.05) is 14.5 Å². The Balaban J connectivity index is 2.41. The molecule has 0 bridgehead atoms. The van der Waals surface area contributed by atoms with E-state index < -0.39 is 10.0 Å². The number of aliphatic hydroxyl groups excluding tert-OH is 1. The third kappa shape index (κ3) is 3.41. The van der Waals surface area contributed by atoms with Crippen LogP contribution in [0.5, 0.6) is 0 Å². The Morgan fingerprint density at radius 1 is 1.10 bits per heavy atom. The van der Waals surface area contributed by atoms with Crippen molar-refractivity contribution in [2.45, 2.75) is 11.5 Å². The first-order valence-electron chi connectivity index (χ1n) is 5.60. The van der Waals surface area contributed by atoms with Gasteiger partial charge in [0.2, 0.25) is 0 Å². The highest BCUT2D eigenvalue weighted by atomic mass is 79.9. The Kier molecular flexibility index (Phi) is 4.85. The highest BCUT2D eigenvalue weighted by molar-refractivity contribution is 9.11. The summed E-state index contributed by atoms with van der Waals surface area (Å²) >= 11 is 6.51. The van der Waals surface area contributed by atoms with Crippen LogP contribution in [0, 0.1) is 0 Å². The molecule has 0 fully saturated rings. The van der Waals surface area contributed by atoms with E-state index >= 15 is 0 Å². The maximum atomic E-state index is 12.4. The fourth-order valence-electron chi connectivity index (χ4n) is 1.65. The molecule has 2 N–H and O–H groups in total. The van der Waals surface area contributed by atoms with E-state index in [-0.39, 0.29) is 11.5 Å². The molecule has 2 aromatic carbocycles. The maximum Gasteiger partial charge on any atom is 0.263 e. The minimum Gasteiger partial charge on any atom is -0.392 e. The molecule has 2 rings (SSSR count). The fraction of sp³-hybridized carbons (Fsp3) is 0.0769. The molecule has 0 atom stereocenters. The number of aliphatic hydroxyl groups is 1. The van der Waals surface area contributed by atoms with Crippen molar-refractivity contribution in [2.24, 2.45) is 0 Å². The van der Waals surface area contributed by atoms with Gasteiger partial charge in [0.15, 0.2) is 0 Å². The fourth-order valence-corrected chi connectivity index (χ4v) is 4.50. The van der Waals surface area contributed by atoms with Crippen LogP contribution in [0.1, 0.15) is 5.56 Å². The van der Waals surface area contributed by atoms with Crippen LogP contribution in [0.15, 0.2) is 56.3 Å². The number of hydrogen-bond acceptors (Lipinski definition) is 3. The minimum absolute atomic E-state index is 0.133. The van der Waals surface area contributed by atoms with E-state index in [1.54, 1.807) is 36.4 Å². The number of hydrogen-bond donors (Lipinski definition) is 2. The largest absolute Gasteiger partial charge is 0.392 e. The Morgan fingerprint density at radius 2 is 1.80 bits per heavy atom. The van der Waals surface area contributed by atoms with Gasteiger partial charge in [0.1, 0.15) is 4.90 Å². The van der Waals surface area contributed by atoms with Crippen molar-refractivity contribution in [1.82, 2.24) is 0 Å². The summed E-state index contributed by atoms with van der Waals surface area (Å²) in [4.78, 5) is 0.133. The van der Waals surface area contributed by atoms with Crippen LogP contribution in [0.2, 0.25) is 0 Å². The van der Waals surface area contributed by atoms with Crippen LogP contribution in [-0.4, -0.2) is 13.5 Å². The zero-order valence-electron chi connectivity index (χ0n) is 10.2. The molecule has 7 heteroatoms. The standard InChI is InChI=1S/C13H11Br2NO3S/c14-10-5-6-13(11(15)7-10)20(18,19)16-12-4-2-1-3-9(12)8-17/h1-7,16-17H,8H2. The van der Waals surface area contributed by atoms with Crippen molar-refractivity contribution < 1.29 is 13.5 Å². The number of benzene rings is 2. The molecule has 0 spiro atoms. The van der Waals surface area contributed by atoms with Crippen molar-refractivity contribution in [3.8, 4) is 0 Å². The van der Waals surface area contributed by atoms with Crippen molar-refractivity contribution in [3.05, 3.63) is 57.0 Å². The normalized spacial score (nSPS) is 11.3. The molecule has 106 valence electrons. The maximum absolute atomic E-state index is 12.4. The zero-order valence-corrected chi connectivity index (χ0v) is 14.2. The molecule has 0 saturated carbocycles. The molecule has 0 aromatic heterocycles. The van der Waals surface area contributed by atoms with E-state index in [9.17, 15) is 13.5 Å². The van der Waals surface area contributed by atoms with E-state index in [4.69, 9.17) is 0 Å². The van der Waals surface area contributed by atoms with Gasteiger partial charge in [-0.15, -0.1) is 0 Å². The van der Waals surface area contributed by atoms with E-state index in [2.05, 4.69) is 36.6 Å². The molecule has 0 aliphatic carbocycles. The van der Waals surface area contributed by atoms with Crippen molar-refractivity contribution in [2.75, 3.05) is 4.72 Å². The predicted molar refractivity (Wildman–Crippen MR) is 85.0 cm³/mol. The molecule has 0 aliphatic heterocycles. The number of nitrogens with one attached hydrogen (secondary N) is 1. The molecule has 4 nitrogen and oxygen atoms in total. The van der Waals surface area contributed by atoms with Gasteiger partial charge in [-0.1, -0.05) is 34.1 Å². The average Bonchev–Trinajstić information content (AvgIpc) is 2.38. The summed E-state index contributed by atoms with van der Waals surface area (Å²) < 4.78 is 28.4. The predicted octanol–water partition coefficient (Wildman–Crippen LogP) is 3.50. The Morgan fingerprint density at radius 3 is 2.45 bits per heavy atom. The van der Waals surface area contributed by atoms with Gasteiger partial charge in [0.05, 0.1) is 12.3 Å². The van der Waals surface area contributed by atoms with E-state index in [1.807, 2.05) is 0 Å². The zero-order chi connectivity index (χ0) is 14.8. The van der Waals surface area contributed by atoms with Gasteiger partial charge in [0.25, 0.3) is 10.0 Å². The van der Waals surface area contributed by atoms with Crippen LogP contribution >= 0.6 is 31.9 Å². The highest BCUT2D eigenvalue weighted by Crippen LogP contribution is 2.28. The van der Waals surface area contributed by atoms with E-state index in [1.165, 1.54) is 6.07 Å². The summed E-state index contributed by atoms with van der Waals surface area (Å²) in [6, 6.07) is 11.5. The third-order valence-corrected chi connectivity index (χ3v) is 5.45. The van der Waals surface area contributed by atoms with Gasteiger partial charge >= 0.3 is 0 Å². The van der Waals surface area contributed by atoms with Crippen molar-refractivity contribution in [3.63, 3.8) is 0 Å². The second kappa shape index (κ2) is 6.26. The Hall–Kier alpha value is -0.890. The molecule has 2 aromatic rings. The molecule has 0 radical (unpaired) electrons. The molecule has 0 aliphatic rings. The number of rotatable bonds is 4. The van der Waals surface area contributed by atoms with Crippen molar-refractivity contribution in [1.29, 1.82) is 0 Å². The number of halogens is 2. The van der Waals surface area contributed by atoms with E-state index in [0.717, 1.165) is 4.47 Å². The summed E-state index contributed by atoms with van der Waals surface area (Å²) in [6.07, 6.45) is 0. The highest BCUT2D eigenvalue weighted by Gasteiger charge is 2.18. The molecule has 20 heavy (non-hydrogen) atoms. The van der Waals surface area contributed by atoms with Gasteiger partial charge in [-0.2, -0.15) is 0 Å². The second-order valence-electron chi connectivity index (χ2n) is 4.00. The number of sulfonamides is 1. The molecule has 0 saturated heterocycles. The molecular formula is C13H11Br2NO3S. The third-order valence-electron chi connectivity index (χ3n) is 2.62. The van der Waals surface area contributed by atoms with Crippen molar-refractivity contribution >= 4 is 47.6 Å². The average molecular weight is 421 g/mol. The first-order chi connectivity index (χ1) is 9.44. The summed E-state index contributed by atoms with van der Waals surface area (Å²) in [5, 5.41) is 9.23. The Bertz CT molecular complexity index is 732. The molecule has 0 amide bonds. The number of para-hydroxylation sites is 1. The van der Waals surface area contributed by atoms with E-state index in [0.29, 0.717) is 15.7 Å². The SMILES string of the molecule is O=S(=O)(Nc1ccccc1CO)c1ccc(Br)cc1Br. The minimum atomic E-state index is -3.72. The van der Waals surface area contributed by atoms with Gasteiger partial charge in [-0.05, 0) is 40.2 Å². The lowest BCUT2D eigenvalue weighted by molar-refractivity contribution is 0.282. The van der Waals surface area contributed by atoms with Crippen LogP contribution < -0.4 is 4.72 Å². The first kappa shape index (κ1) is 15.5. The summed E-state index contributed by atoms with van der Waals surface area (Å²) in [5.41, 5.74) is 0.883. The lowest BCUT2D eigenvalue weighted by atomic mass is 10.2. The smallest absolute Gasteiger partial charge is 0.263 e. The molecule has 0 unspecified atom stereocenters. The molecule has 0 heterocycles. The second-order valence-corrected chi connectivity index (χ2v) is 7.42.